The van der Waals surface area contributed by atoms with Crippen molar-refractivity contribution in [3.05, 3.63) is 0 Å². The SMILES string of the molecule is CCNC(=O)CN1CCC(C)(C#N)CC1. The molecule has 4 nitrogen and oxygen atoms in total. The zero-order valence-corrected chi connectivity index (χ0v) is 9.55. The van der Waals surface area contributed by atoms with Crippen molar-refractivity contribution in [2.45, 2.75) is 26.7 Å². The molecule has 1 rings (SSSR count). The summed E-state index contributed by atoms with van der Waals surface area (Å²) in [5.74, 6) is 0.0815. The predicted octanol–water partition coefficient (Wildman–Crippen LogP) is 0.748. The largest absolute Gasteiger partial charge is 0.355 e. The molecular weight excluding hydrogens is 190 g/mol. The van der Waals surface area contributed by atoms with E-state index in [-0.39, 0.29) is 11.3 Å². The van der Waals surface area contributed by atoms with Gasteiger partial charge in [-0.05, 0) is 26.7 Å². The number of hydrogen-bond acceptors (Lipinski definition) is 3. The fraction of sp³-hybridized carbons (Fsp3) is 0.818. The molecule has 1 saturated heterocycles. The molecule has 0 aromatic heterocycles. The van der Waals surface area contributed by atoms with Crippen LogP contribution in [0.5, 0.6) is 0 Å². The Hall–Kier alpha value is -1.08. The number of likely N-dealkylation sites (tertiary alicyclic amines) is 1. The summed E-state index contributed by atoms with van der Waals surface area (Å²) in [5, 5.41) is 11.7. The van der Waals surface area contributed by atoms with Gasteiger partial charge in [0.2, 0.25) is 5.91 Å². The average molecular weight is 209 g/mol. The lowest BCUT2D eigenvalue weighted by atomic mass is 9.82. The molecule has 1 aliphatic heterocycles. The topological polar surface area (TPSA) is 56.1 Å². The Kier molecular flexibility index (Phi) is 4.10. The second-order valence-electron chi connectivity index (χ2n) is 4.40. The number of hydrogen-bond donors (Lipinski definition) is 1. The number of nitrogens with one attached hydrogen (secondary N) is 1. The third-order valence-electron chi connectivity index (χ3n) is 2.97. The van der Waals surface area contributed by atoms with Gasteiger partial charge < -0.3 is 5.32 Å². The van der Waals surface area contributed by atoms with Crippen LogP contribution in [-0.2, 0) is 4.79 Å². The van der Waals surface area contributed by atoms with E-state index in [9.17, 15) is 4.79 Å². The Bertz CT molecular complexity index is 261. The van der Waals surface area contributed by atoms with Crippen LogP contribution in [0, 0.1) is 16.7 Å². The molecule has 0 unspecified atom stereocenters. The lowest BCUT2D eigenvalue weighted by molar-refractivity contribution is -0.122. The molecule has 0 aromatic carbocycles. The fourth-order valence-corrected chi connectivity index (χ4v) is 1.77. The summed E-state index contributed by atoms with van der Waals surface area (Å²) in [7, 11) is 0. The zero-order valence-electron chi connectivity index (χ0n) is 9.55. The Morgan fingerprint density at radius 1 is 1.53 bits per heavy atom. The van der Waals surface area contributed by atoms with E-state index >= 15 is 0 Å². The smallest absolute Gasteiger partial charge is 0.234 e. The summed E-state index contributed by atoms with van der Waals surface area (Å²) in [6.45, 7) is 6.76. The molecule has 1 amide bonds. The van der Waals surface area contributed by atoms with Gasteiger partial charge in [-0.3, -0.25) is 9.69 Å². The third-order valence-corrected chi connectivity index (χ3v) is 2.97. The van der Waals surface area contributed by atoms with Gasteiger partial charge in [0, 0.05) is 19.6 Å². The molecule has 0 saturated carbocycles. The molecule has 84 valence electrons. The van der Waals surface area contributed by atoms with Crippen molar-refractivity contribution < 1.29 is 4.79 Å². The molecule has 1 heterocycles. The molecule has 0 aliphatic carbocycles. The second-order valence-corrected chi connectivity index (χ2v) is 4.40. The standard InChI is InChI=1S/C11H19N3O/c1-3-13-10(15)8-14-6-4-11(2,9-12)5-7-14/h3-8H2,1-2H3,(H,13,15). The van der Waals surface area contributed by atoms with E-state index in [2.05, 4.69) is 16.3 Å². The van der Waals surface area contributed by atoms with Crippen LogP contribution in [0.25, 0.3) is 0 Å². The minimum atomic E-state index is -0.183. The first-order valence-electron chi connectivity index (χ1n) is 5.50. The van der Waals surface area contributed by atoms with E-state index < -0.39 is 0 Å². The number of rotatable bonds is 3. The number of nitriles is 1. The molecule has 1 N–H and O–H groups in total. The molecule has 15 heavy (non-hydrogen) atoms. The van der Waals surface area contributed by atoms with E-state index in [1.807, 2.05) is 13.8 Å². The Balaban J connectivity index is 2.32. The molecule has 0 radical (unpaired) electrons. The normalized spacial score (nSPS) is 20.6. The number of piperidine rings is 1. The fourth-order valence-electron chi connectivity index (χ4n) is 1.77. The molecular formula is C11H19N3O. The second kappa shape index (κ2) is 5.13. The van der Waals surface area contributed by atoms with Gasteiger partial charge in [-0.15, -0.1) is 0 Å². The van der Waals surface area contributed by atoms with Crippen LogP contribution in [0.1, 0.15) is 26.7 Å². The quantitative estimate of drug-likeness (QED) is 0.746. The average Bonchev–Trinajstić information content (AvgIpc) is 2.22. The van der Waals surface area contributed by atoms with Crippen LogP contribution >= 0.6 is 0 Å². The maximum absolute atomic E-state index is 11.3. The van der Waals surface area contributed by atoms with Crippen molar-refractivity contribution in [3.8, 4) is 6.07 Å². The highest BCUT2D eigenvalue weighted by molar-refractivity contribution is 5.77. The first kappa shape index (κ1) is 12.0. The first-order valence-corrected chi connectivity index (χ1v) is 5.50. The van der Waals surface area contributed by atoms with Gasteiger partial charge in [0.1, 0.15) is 0 Å². The lowest BCUT2D eigenvalue weighted by Gasteiger charge is -2.34. The zero-order chi connectivity index (χ0) is 11.3. The van der Waals surface area contributed by atoms with Crippen molar-refractivity contribution in [2.75, 3.05) is 26.2 Å². The number of amides is 1. The van der Waals surface area contributed by atoms with E-state index in [1.165, 1.54) is 0 Å². The summed E-state index contributed by atoms with van der Waals surface area (Å²) in [5.41, 5.74) is -0.183. The van der Waals surface area contributed by atoms with Crippen LogP contribution < -0.4 is 5.32 Å². The van der Waals surface area contributed by atoms with Gasteiger partial charge in [-0.2, -0.15) is 5.26 Å². The van der Waals surface area contributed by atoms with Crippen molar-refractivity contribution in [2.24, 2.45) is 5.41 Å². The maximum Gasteiger partial charge on any atom is 0.234 e. The number of nitrogens with zero attached hydrogens (tertiary/aromatic N) is 2. The van der Waals surface area contributed by atoms with E-state index in [0.717, 1.165) is 25.9 Å². The minimum absolute atomic E-state index is 0.0815. The molecule has 0 spiro atoms. The maximum atomic E-state index is 11.3. The van der Waals surface area contributed by atoms with Gasteiger partial charge in [-0.1, -0.05) is 0 Å². The third kappa shape index (κ3) is 3.52. The van der Waals surface area contributed by atoms with Crippen molar-refractivity contribution in [1.82, 2.24) is 10.2 Å². The molecule has 1 aliphatic rings. The lowest BCUT2D eigenvalue weighted by Crippen LogP contribution is -2.43. The van der Waals surface area contributed by atoms with Gasteiger partial charge in [-0.25, -0.2) is 0 Å². The molecule has 0 bridgehead atoms. The highest BCUT2D eigenvalue weighted by atomic mass is 16.2. The van der Waals surface area contributed by atoms with Crippen LogP contribution in [0.2, 0.25) is 0 Å². The Morgan fingerprint density at radius 2 is 2.13 bits per heavy atom. The first-order chi connectivity index (χ1) is 7.09. The van der Waals surface area contributed by atoms with Crippen LogP contribution in [0.15, 0.2) is 0 Å². The Morgan fingerprint density at radius 3 is 2.60 bits per heavy atom. The number of likely N-dealkylation sites (N-methyl/N-ethyl adjacent to an activating group) is 1. The van der Waals surface area contributed by atoms with Crippen LogP contribution in [-0.4, -0.2) is 37.0 Å². The number of carbonyl (C=O) groups is 1. The summed E-state index contributed by atoms with van der Waals surface area (Å²) in [4.78, 5) is 13.4. The summed E-state index contributed by atoms with van der Waals surface area (Å²) >= 11 is 0. The summed E-state index contributed by atoms with van der Waals surface area (Å²) < 4.78 is 0. The minimum Gasteiger partial charge on any atom is -0.355 e. The van der Waals surface area contributed by atoms with Crippen LogP contribution in [0.4, 0.5) is 0 Å². The van der Waals surface area contributed by atoms with E-state index in [1.54, 1.807) is 0 Å². The van der Waals surface area contributed by atoms with Crippen LogP contribution in [0.3, 0.4) is 0 Å². The van der Waals surface area contributed by atoms with Gasteiger partial charge in [0.05, 0.1) is 18.0 Å². The van der Waals surface area contributed by atoms with Crippen molar-refractivity contribution >= 4 is 5.91 Å². The number of carbonyl (C=O) groups excluding carboxylic acids is 1. The predicted molar refractivity (Wildman–Crippen MR) is 58.1 cm³/mol. The van der Waals surface area contributed by atoms with Gasteiger partial charge >= 0.3 is 0 Å². The highest BCUT2D eigenvalue weighted by Crippen LogP contribution is 2.29. The molecule has 1 fully saturated rings. The summed E-state index contributed by atoms with van der Waals surface area (Å²) in [6, 6.07) is 2.35. The highest BCUT2D eigenvalue weighted by Gasteiger charge is 2.30. The summed E-state index contributed by atoms with van der Waals surface area (Å²) in [6.07, 6.45) is 1.73. The molecule has 4 heteroatoms. The van der Waals surface area contributed by atoms with Crippen molar-refractivity contribution in [1.29, 1.82) is 5.26 Å². The van der Waals surface area contributed by atoms with Gasteiger partial charge in [0.15, 0.2) is 0 Å². The Labute approximate surface area is 91.2 Å². The van der Waals surface area contributed by atoms with E-state index in [0.29, 0.717) is 13.1 Å². The van der Waals surface area contributed by atoms with Crippen molar-refractivity contribution in [3.63, 3.8) is 0 Å². The van der Waals surface area contributed by atoms with Gasteiger partial charge in [0.25, 0.3) is 0 Å². The molecule has 0 atom stereocenters. The van der Waals surface area contributed by atoms with E-state index in [4.69, 9.17) is 5.26 Å². The molecule has 0 aromatic rings. The monoisotopic (exact) mass is 209 g/mol.